The van der Waals surface area contributed by atoms with Crippen LogP contribution in [-0.2, 0) is 92.3 Å². The van der Waals surface area contributed by atoms with Crippen LogP contribution in [0.4, 0.5) is 13.2 Å². The van der Waals surface area contributed by atoms with E-state index >= 15 is 0 Å². The van der Waals surface area contributed by atoms with Crippen LogP contribution in [0.3, 0.4) is 0 Å². The van der Waals surface area contributed by atoms with Crippen molar-refractivity contribution in [1.82, 2.24) is 9.34 Å². The van der Waals surface area contributed by atoms with Crippen molar-refractivity contribution in [3.63, 3.8) is 0 Å². The zero-order valence-corrected chi connectivity index (χ0v) is 48.0. The molecule has 5 aliphatic rings. The van der Waals surface area contributed by atoms with E-state index in [1.807, 2.05) is 89.5 Å². The largest absolute Gasteiger partial charge is 0.741 e. The van der Waals surface area contributed by atoms with Crippen LogP contribution in [0, 0.1) is 0 Å². The molecule has 0 saturated carbocycles. The fraction of sp³-hybridized carbons (Fsp3) is 0.491. The summed E-state index contributed by atoms with van der Waals surface area (Å²) in [4.78, 5) is 0. The van der Waals surface area contributed by atoms with E-state index in [1.165, 1.54) is 47.9 Å². The number of allylic oxidation sites excluding steroid dienone is 4. The molecule has 75 heavy (non-hydrogen) atoms. The number of fused-ring (bicyclic) bond motifs is 2. The number of hydrogen-bond acceptors (Lipinski definition) is 13. The molecule has 0 bridgehead atoms. The standard InChI is InChI=1S/2C23H30NO4P.C8H12.CHF3O3S.Rh/c2*1-23(2)25-21-19(15-17-11-7-5-8-12-17)27-29(24(3)4)28-20(22(21)26-23)16-18-13-9-6-10-14-18;1-2-4-6-8-7-5-3-1;2-1(3,4)8(5,6)7;/h2*5-14,19-22H,15-16H2,1-4H3;1-2,7-8H,3-6H2;(H,5,6,7);/p-1/b;;2-1-,8-7-;;/t2*19-,20-,21+,22+;;;/m00.../s1. The molecular weight excluding hydrogens is 1120 g/mol. The first-order valence-electron chi connectivity index (χ1n) is 24.9. The number of halogens is 3. The molecule has 0 amide bonds. The minimum Gasteiger partial charge on any atom is -0.741 e. The van der Waals surface area contributed by atoms with E-state index in [9.17, 15) is 13.2 Å². The van der Waals surface area contributed by atoms with Gasteiger partial charge in [-0.05, 0) is 104 Å². The van der Waals surface area contributed by atoms with Crippen molar-refractivity contribution in [2.24, 2.45) is 0 Å². The molecule has 0 N–H and O–H groups in total. The summed E-state index contributed by atoms with van der Waals surface area (Å²) >= 11 is 0. The summed E-state index contributed by atoms with van der Waals surface area (Å²) in [7, 11) is -0.522. The van der Waals surface area contributed by atoms with Crippen LogP contribution in [0.5, 0.6) is 0 Å². The van der Waals surface area contributed by atoms with E-state index in [4.69, 9.17) is 50.0 Å². The van der Waals surface area contributed by atoms with Gasteiger partial charge in [0.2, 0.25) is 0 Å². The van der Waals surface area contributed by atoms with Gasteiger partial charge in [0.1, 0.15) is 24.4 Å². The molecule has 0 spiro atoms. The van der Waals surface area contributed by atoms with E-state index in [0.29, 0.717) is 0 Å². The van der Waals surface area contributed by atoms with E-state index in [2.05, 4.69) is 121 Å². The van der Waals surface area contributed by atoms with Gasteiger partial charge in [-0.2, -0.15) is 13.2 Å². The predicted octanol–water partition coefficient (Wildman–Crippen LogP) is 11.9. The molecule has 4 saturated heterocycles. The van der Waals surface area contributed by atoms with Crippen LogP contribution < -0.4 is 0 Å². The Hall–Kier alpha value is -2.86. The molecule has 13 nitrogen and oxygen atoms in total. The van der Waals surface area contributed by atoms with Gasteiger partial charge in [0.15, 0.2) is 21.7 Å². The van der Waals surface area contributed by atoms with Gasteiger partial charge >= 0.3 is 5.51 Å². The van der Waals surface area contributed by atoms with Crippen molar-refractivity contribution < 1.29 is 82.7 Å². The van der Waals surface area contributed by atoms with Gasteiger partial charge in [-0.3, -0.25) is 0 Å². The first-order chi connectivity index (χ1) is 35.1. The Balaban J connectivity index is 0.000000213. The van der Waals surface area contributed by atoms with E-state index in [0.717, 1.165) is 25.7 Å². The smallest absolute Gasteiger partial charge is 0.485 e. The SMILES string of the molecule is C1=C\CC/C=C\CC/1.CN(C)P1O[C@@H](Cc2ccccc2)[C@H]2OC(C)(C)O[C@@H]2[C@H](Cc2ccccc2)O1.CN(C)P1O[C@@H](Cc2ccccc2)[C@H]2OC(C)(C)O[C@@H]2[C@H](Cc2ccccc2)O1.O=S(=O)([O-])C(F)(F)F.[Rh]. The van der Waals surface area contributed by atoms with Crippen LogP contribution in [0.15, 0.2) is 146 Å². The van der Waals surface area contributed by atoms with Gasteiger partial charge in [0, 0.05) is 45.2 Å². The Kier molecular flexibility index (Phi) is 24.7. The number of rotatable bonds is 10. The minimum atomic E-state index is -6.09. The maximum atomic E-state index is 10.7. The summed E-state index contributed by atoms with van der Waals surface area (Å²) < 4.78 is 115. The molecule has 4 fully saturated rings. The first kappa shape index (κ1) is 63.0. The quantitative estimate of drug-likeness (QED) is 0.0490. The average molecular weight is 1190 g/mol. The molecular formula is C55H72F3N2O11P2RhS-. The Morgan fingerprint density at radius 1 is 0.480 bits per heavy atom. The molecule has 0 unspecified atom stereocenters. The molecule has 1 radical (unpaired) electrons. The van der Waals surface area contributed by atoms with Crippen LogP contribution in [0.2, 0.25) is 0 Å². The maximum absolute atomic E-state index is 10.7. The van der Waals surface area contributed by atoms with Crippen molar-refractivity contribution in [2.75, 3.05) is 28.2 Å². The van der Waals surface area contributed by atoms with Gasteiger partial charge in [0.05, 0.1) is 24.4 Å². The normalized spacial score (nSPS) is 28.8. The number of alkyl halides is 3. The number of ether oxygens (including phenoxy) is 4. The zero-order valence-electron chi connectivity index (χ0n) is 43.8. The third-order valence-corrected chi connectivity index (χ3v) is 15.8. The molecule has 415 valence electrons. The Bertz CT molecular complexity index is 2170. The Morgan fingerprint density at radius 2 is 0.680 bits per heavy atom. The maximum Gasteiger partial charge on any atom is 0.485 e. The van der Waals surface area contributed by atoms with Crippen molar-refractivity contribution in [3.05, 3.63) is 168 Å². The van der Waals surface area contributed by atoms with Gasteiger partial charge in [-0.1, -0.05) is 146 Å². The second-order valence-corrected chi connectivity index (χ2v) is 24.4. The van der Waals surface area contributed by atoms with E-state index in [1.54, 1.807) is 0 Å². The molecule has 0 aromatic heterocycles. The Morgan fingerprint density at radius 3 is 0.853 bits per heavy atom. The summed E-state index contributed by atoms with van der Waals surface area (Å²) in [5.74, 6) is -1.33. The molecule has 1 aliphatic carbocycles. The predicted molar refractivity (Wildman–Crippen MR) is 281 cm³/mol. The monoisotopic (exact) mass is 1190 g/mol. The number of benzene rings is 4. The van der Waals surface area contributed by atoms with Gasteiger partial charge in [-0.25, -0.2) is 17.8 Å². The van der Waals surface area contributed by atoms with Gasteiger partial charge in [-0.15, -0.1) is 0 Å². The first-order valence-corrected chi connectivity index (χ1v) is 28.6. The summed E-state index contributed by atoms with van der Waals surface area (Å²) in [6.07, 6.45) is 15.7. The van der Waals surface area contributed by atoms with Crippen LogP contribution in [0.25, 0.3) is 0 Å². The van der Waals surface area contributed by atoms with Crippen LogP contribution >= 0.6 is 17.1 Å². The molecule has 4 aromatic carbocycles. The summed E-state index contributed by atoms with van der Waals surface area (Å²) in [5, 5.41) is 0. The molecule has 9 rings (SSSR count). The number of nitrogens with zero attached hydrogens (tertiary/aromatic N) is 2. The molecule has 4 heterocycles. The summed E-state index contributed by atoms with van der Waals surface area (Å²) in [5.41, 5.74) is -0.758. The van der Waals surface area contributed by atoms with Crippen molar-refractivity contribution in [1.29, 1.82) is 0 Å². The molecule has 4 aromatic rings. The van der Waals surface area contributed by atoms with Crippen LogP contribution in [0.1, 0.15) is 75.6 Å². The fourth-order valence-electron chi connectivity index (χ4n) is 8.77. The zero-order chi connectivity index (χ0) is 53.5. The van der Waals surface area contributed by atoms with Crippen LogP contribution in [-0.4, -0.2) is 116 Å². The molecule has 4 aliphatic heterocycles. The van der Waals surface area contributed by atoms with Crippen molar-refractivity contribution in [3.8, 4) is 0 Å². The van der Waals surface area contributed by atoms with E-state index < -0.39 is 44.3 Å². The Labute approximate surface area is 457 Å². The molecule has 20 heteroatoms. The molecule has 8 atom stereocenters. The summed E-state index contributed by atoms with van der Waals surface area (Å²) in [6, 6.07) is 41.6. The van der Waals surface area contributed by atoms with Crippen molar-refractivity contribution >= 4 is 27.2 Å². The van der Waals surface area contributed by atoms with E-state index in [-0.39, 0.29) is 68.3 Å². The topological polar surface area (TPSA) is 138 Å². The van der Waals surface area contributed by atoms with Crippen molar-refractivity contribution in [2.45, 2.75) is 145 Å². The second-order valence-electron chi connectivity index (χ2n) is 19.6. The third kappa shape index (κ3) is 20.1. The minimum absolute atomic E-state index is 0. The summed E-state index contributed by atoms with van der Waals surface area (Å²) in [6.45, 7) is 7.87. The average Bonchev–Trinajstić information content (AvgIpc) is 3.76. The third-order valence-electron chi connectivity index (χ3n) is 12.1. The van der Waals surface area contributed by atoms with Gasteiger partial charge in [0.25, 0.3) is 17.1 Å². The van der Waals surface area contributed by atoms with Gasteiger partial charge < -0.3 is 41.6 Å². The number of hydrogen-bond donors (Lipinski definition) is 0. The fourth-order valence-corrected chi connectivity index (χ4v) is 11.3. The second kappa shape index (κ2) is 29.4.